The molecule has 1 atom stereocenters. The summed E-state index contributed by atoms with van der Waals surface area (Å²) < 4.78 is 5.36. The highest BCUT2D eigenvalue weighted by molar-refractivity contribution is 5.30. The van der Waals surface area contributed by atoms with E-state index in [1.54, 1.807) is 7.11 Å². The maximum Gasteiger partial charge on any atom is 0.119 e. The molecule has 1 aromatic rings. The summed E-state index contributed by atoms with van der Waals surface area (Å²) in [5.41, 5.74) is 1.33. The Kier molecular flexibility index (Phi) is 6.52. The molecule has 0 radical (unpaired) electrons. The normalized spacial score (nSPS) is 18.6. The van der Waals surface area contributed by atoms with E-state index in [1.807, 2.05) is 6.07 Å². The number of methoxy groups -OCH3 is 1. The minimum atomic E-state index is 0.392. The number of likely N-dealkylation sites (N-methyl/N-ethyl adjacent to an activating group) is 1. The van der Waals surface area contributed by atoms with Crippen LogP contribution in [0.3, 0.4) is 0 Å². The highest BCUT2D eigenvalue weighted by atomic mass is 16.5. The van der Waals surface area contributed by atoms with E-state index in [1.165, 1.54) is 37.9 Å². The van der Waals surface area contributed by atoms with Crippen molar-refractivity contribution < 1.29 is 4.74 Å². The zero-order valence-electron chi connectivity index (χ0n) is 13.8. The van der Waals surface area contributed by atoms with Crippen molar-refractivity contribution in [3.8, 4) is 5.75 Å². The van der Waals surface area contributed by atoms with E-state index < -0.39 is 0 Å². The molecule has 21 heavy (non-hydrogen) atoms. The molecule has 0 aliphatic carbocycles. The molecule has 118 valence electrons. The lowest BCUT2D eigenvalue weighted by Crippen LogP contribution is -2.40. The third-order valence-electron chi connectivity index (χ3n) is 4.67. The standard InChI is InChI=1S/C18H30N2O/c1-4-15-9-11-20(12-10-15)14-18(19-5-2)16-7-6-8-17(13-16)21-3/h6-8,13,15,18-19H,4-5,9-12,14H2,1-3H3. The van der Waals surface area contributed by atoms with E-state index in [4.69, 9.17) is 4.74 Å². The van der Waals surface area contributed by atoms with Crippen LogP contribution in [0.5, 0.6) is 5.75 Å². The molecular formula is C18H30N2O. The van der Waals surface area contributed by atoms with Gasteiger partial charge in [-0.1, -0.05) is 32.4 Å². The van der Waals surface area contributed by atoms with Crippen molar-refractivity contribution in [1.29, 1.82) is 0 Å². The summed E-state index contributed by atoms with van der Waals surface area (Å²) in [5, 5.41) is 3.63. The average Bonchev–Trinajstić information content (AvgIpc) is 2.55. The summed E-state index contributed by atoms with van der Waals surface area (Å²) in [7, 11) is 1.73. The zero-order chi connectivity index (χ0) is 15.1. The largest absolute Gasteiger partial charge is 0.497 e. The Morgan fingerprint density at radius 2 is 2.05 bits per heavy atom. The monoisotopic (exact) mass is 290 g/mol. The van der Waals surface area contributed by atoms with E-state index >= 15 is 0 Å². The second-order valence-corrected chi connectivity index (χ2v) is 6.04. The Hall–Kier alpha value is -1.06. The van der Waals surface area contributed by atoms with E-state index in [2.05, 4.69) is 42.3 Å². The molecule has 1 fully saturated rings. The van der Waals surface area contributed by atoms with Gasteiger partial charge in [0.05, 0.1) is 7.11 Å². The lowest BCUT2D eigenvalue weighted by atomic mass is 9.94. The number of hydrogen-bond donors (Lipinski definition) is 1. The number of ether oxygens (including phenoxy) is 1. The van der Waals surface area contributed by atoms with Gasteiger partial charge in [0.1, 0.15) is 5.75 Å². The van der Waals surface area contributed by atoms with Crippen LogP contribution in [0.25, 0.3) is 0 Å². The SMILES string of the molecule is CCNC(CN1CCC(CC)CC1)c1cccc(OC)c1. The van der Waals surface area contributed by atoms with Crippen LogP contribution in [0.15, 0.2) is 24.3 Å². The van der Waals surface area contributed by atoms with Gasteiger partial charge in [-0.25, -0.2) is 0 Å². The van der Waals surface area contributed by atoms with Gasteiger partial charge in [0.2, 0.25) is 0 Å². The van der Waals surface area contributed by atoms with Crippen LogP contribution in [-0.4, -0.2) is 38.2 Å². The van der Waals surface area contributed by atoms with Crippen LogP contribution >= 0.6 is 0 Å². The van der Waals surface area contributed by atoms with Gasteiger partial charge in [-0.15, -0.1) is 0 Å². The third-order valence-corrected chi connectivity index (χ3v) is 4.67. The third kappa shape index (κ3) is 4.72. The summed E-state index contributed by atoms with van der Waals surface area (Å²) in [6, 6.07) is 8.85. The summed E-state index contributed by atoms with van der Waals surface area (Å²) in [4.78, 5) is 2.61. The summed E-state index contributed by atoms with van der Waals surface area (Å²) in [6.07, 6.45) is 4.04. The quantitative estimate of drug-likeness (QED) is 0.832. The smallest absolute Gasteiger partial charge is 0.119 e. The number of nitrogens with zero attached hydrogens (tertiary/aromatic N) is 1. The molecule has 1 unspecified atom stereocenters. The molecule has 0 amide bonds. The molecule has 1 aliphatic heterocycles. The first-order chi connectivity index (χ1) is 10.3. The molecule has 1 aromatic carbocycles. The minimum absolute atomic E-state index is 0.392. The van der Waals surface area contributed by atoms with Crippen molar-refractivity contribution in [2.45, 2.75) is 39.2 Å². The summed E-state index contributed by atoms with van der Waals surface area (Å²) in [5.74, 6) is 1.88. The van der Waals surface area contributed by atoms with Crippen LogP contribution in [0.1, 0.15) is 44.7 Å². The predicted molar refractivity (Wildman–Crippen MR) is 88.9 cm³/mol. The fourth-order valence-corrected chi connectivity index (χ4v) is 3.23. The number of benzene rings is 1. The van der Waals surface area contributed by atoms with Gasteiger partial charge in [0.15, 0.2) is 0 Å². The van der Waals surface area contributed by atoms with E-state index in [-0.39, 0.29) is 0 Å². The lowest BCUT2D eigenvalue weighted by molar-refractivity contribution is 0.166. The van der Waals surface area contributed by atoms with Crippen LogP contribution in [0.2, 0.25) is 0 Å². The fraction of sp³-hybridized carbons (Fsp3) is 0.667. The molecule has 1 aliphatic rings. The summed E-state index contributed by atoms with van der Waals surface area (Å²) >= 11 is 0. The number of piperidine rings is 1. The molecule has 0 bridgehead atoms. The summed E-state index contributed by atoms with van der Waals surface area (Å²) in [6.45, 7) is 9.06. The Morgan fingerprint density at radius 1 is 1.29 bits per heavy atom. The van der Waals surface area contributed by atoms with Crippen LogP contribution < -0.4 is 10.1 Å². The molecule has 1 saturated heterocycles. The van der Waals surface area contributed by atoms with Crippen molar-refractivity contribution in [2.75, 3.05) is 33.3 Å². The highest BCUT2D eigenvalue weighted by Crippen LogP contribution is 2.24. The Labute approximate surface area is 129 Å². The van der Waals surface area contributed by atoms with Gasteiger partial charge in [-0.2, -0.15) is 0 Å². The van der Waals surface area contributed by atoms with Crippen LogP contribution in [0.4, 0.5) is 0 Å². The fourth-order valence-electron chi connectivity index (χ4n) is 3.23. The first-order valence-corrected chi connectivity index (χ1v) is 8.36. The Balaban J connectivity index is 1.98. The highest BCUT2D eigenvalue weighted by Gasteiger charge is 2.21. The molecule has 0 aromatic heterocycles. The van der Waals surface area contributed by atoms with Crippen molar-refractivity contribution in [1.82, 2.24) is 10.2 Å². The Morgan fingerprint density at radius 3 is 2.67 bits per heavy atom. The molecular weight excluding hydrogens is 260 g/mol. The number of rotatable bonds is 7. The number of nitrogens with one attached hydrogen (secondary N) is 1. The molecule has 2 rings (SSSR count). The molecule has 3 nitrogen and oxygen atoms in total. The van der Waals surface area contributed by atoms with Crippen molar-refractivity contribution in [3.63, 3.8) is 0 Å². The number of hydrogen-bond acceptors (Lipinski definition) is 3. The molecule has 1 N–H and O–H groups in total. The van der Waals surface area contributed by atoms with E-state index in [0.717, 1.165) is 24.8 Å². The van der Waals surface area contributed by atoms with Gasteiger partial charge in [0.25, 0.3) is 0 Å². The second kappa shape index (κ2) is 8.40. The van der Waals surface area contributed by atoms with Gasteiger partial charge in [-0.3, -0.25) is 0 Å². The molecule has 0 spiro atoms. The topological polar surface area (TPSA) is 24.5 Å². The number of likely N-dealkylation sites (tertiary alicyclic amines) is 1. The minimum Gasteiger partial charge on any atom is -0.497 e. The average molecular weight is 290 g/mol. The van der Waals surface area contributed by atoms with Crippen LogP contribution in [0, 0.1) is 5.92 Å². The van der Waals surface area contributed by atoms with Gasteiger partial charge in [-0.05, 0) is 56.1 Å². The first kappa shape index (κ1) is 16.3. The van der Waals surface area contributed by atoms with Crippen molar-refractivity contribution in [3.05, 3.63) is 29.8 Å². The zero-order valence-corrected chi connectivity index (χ0v) is 13.8. The van der Waals surface area contributed by atoms with Gasteiger partial charge >= 0.3 is 0 Å². The lowest BCUT2D eigenvalue weighted by Gasteiger charge is -2.34. The van der Waals surface area contributed by atoms with Gasteiger partial charge in [0, 0.05) is 12.6 Å². The molecule has 1 heterocycles. The first-order valence-electron chi connectivity index (χ1n) is 8.36. The Bertz CT molecular complexity index is 413. The molecule has 3 heteroatoms. The van der Waals surface area contributed by atoms with Crippen molar-refractivity contribution >= 4 is 0 Å². The second-order valence-electron chi connectivity index (χ2n) is 6.04. The maximum absolute atomic E-state index is 5.36. The van der Waals surface area contributed by atoms with E-state index in [0.29, 0.717) is 6.04 Å². The van der Waals surface area contributed by atoms with E-state index in [9.17, 15) is 0 Å². The predicted octanol–water partition coefficient (Wildman–Crippen LogP) is 3.47. The maximum atomic E-state index is 5.36. The van der Waals surface area contributed by atoms with Crippen LogP contribution in [-0.2, 0) is 0 Å². The van der Waals surface area contributed by atoms with Gasteiger partial charge < -0.3 is 15.0 Å². The van der Waals surface area contributed by atoms with Crippen molar-refractivity contribution in [2.24, 2.45) is 5.92 Å². The molecule has 0 saturated carbocycles.